The van der Waals surface area contributed by atoms with Crippen LogP contribution in [0.25, 0.3) is 0 Å². The summed E-state index contributed by atoms with van der Waals surface area (Å²) in [6.45, 7) is 4.23. The number of carbonyl (C=O) groups excluding carboxylic acids is 2. The average Bonchev–Trinajstić information content (AvgIpc) is 2.19. The van der Waals surface area contributed by atoms with Gasteiger partial charge in [-0.25, -0.2) is 0 Å². The molecule has 0 radical (unpaired) electrons. The third kappa shape index (κ3) is 4.00. The molecule has 0 bridgehead atoms. The number of rotatable bonds is 5. The highest BCUT2D eigenvalue weighted by atomic mass is 16.2. The van der Waals surface area contributed by atoms with E-state index in [0.717, 1.165) is 6.42 Å². The fourth-order valence-electron chi connectivity index (χ4n) is 1.79. The molecule has 15 heavy (non-hydrogen) atoms. The molecule has 1 fully saturated rings. The Hall–Kier alpha value is -0.900. The van der Waals surface area contributed by atoms with E-state index in [1.807, 2.05) is 0 Å². The quantitative estimate of drug-likeness (QED) is 0.667. The Labute approximate surface area is 90.8 Å². The van der Waals surface area contributed by atoms with Gasteiger partial charge in [0.05, 0.1) is 6.04 Å². The summed E-state index contributed by atoms with van der Waals surface area (Å²) in [7, 11) is 0. The summed E-state index contributed by atoms with van der Waals surface area (Å²) >= 11 is 0. The highest BCUT2D eigenvalue weighted by molar-refractivity contribution is 6.00. The summed E-state index contributed by atoms with van der Waals surface area (Å²) in [5.74, 6) is -0.325. The standard InChI is InChI=1S/C11H20N2O2/c1-3-4-5-8(2)12-9-6-7-10(14)13-11(9)15/h8-9,12H,3-7H2,1-2H3,(H,13,14,15). The zero-order valence-corrected chi connectivity index (χ0v) is 9.51. The van der Waals surface area contributed by atoms with Gasteiger partial charge < -0.3 is 5.32 Å². The van der Waals surface area contributed by atoms with E-state index in [2.05, 4.69) is 24.5 Å². The van der Waals surface area contributed by atoms with Crippen molar-refractivity contribution < 1.29 is 9.59 Å². The number of nitrogens with one attached hydrogen (secondary N) is 2. The van der Waals surface area contributed by atoms with Gasteiger partial charge in [0, 0.05) is 12.5 Å². The van der Waals surface area contributed by atoms with Crippen molar-refractivity contribution in [1.82, 2.24) is 10.6 Å². The maximum absolute atomic E-state index is 11.4. The summed E-state index contributed by atoms with van der Waals surface area (Å²) < 4.78 is 0. The van der Waals surface area contributed by atoms with Gasteiger partial charge in [0.2, 0.25) is 11.8 Å². The highest BCUT2D eigenvalue weighted by Crippen LogP contribution is 2.07. The summed E-state index contributed by atoms with van der Waals surface area (Å²) in [5.41, 5.74) is 0. The van der Waals surface area contributed by atoms with E-state index in [1.165, 1.54) is 12.8 Å². The lowest BCUT2D eigenvalue weighted by Crippen LogP contribution is -2.52. The zero-order valence-electron chi connectivity index (χ0n) is 9.51. The lowest BCUT2D eigenvalue weighted by Gasteiger charge is -2.25. The number of amides is 2. The van der Waals surface area contributed by atoms with Crippen LogP contribution in [-0.2, 0) is 9.59 Å². The first-order chi connectivity index (χ1) is 7.13. The summed E-state index contributed by atoms with van der Waals surface area (Å²) in [5, 5.41) is 5.61. The molecule has 1 heterocycles. The second kappa shape index (κ2) is 5.85. The normalized spacial score (nSPS) is 23.7. The molecule has 0 spiro atoms. The molecule has 0 aromatic rings. The topological polar surface area (TPSA) is 58.2 Å². The Morgan fingerprint density at radius 3 is 2.87 bits per heavy atom. The Bertz CT molecular complexity index is 241. The first-order valence-electron chi connectivity index (χ1n) is 5.73. The minimum atomic E-state index is -0.186. The second-order valence-corrected chi connectivity index (χ2v) is 4.21. The summed E-state index contributed by atoms with van der Waals surface area (Å²) in [6.07, 6.45) is 4.49. The van der Waals surface area contributed by atoms with Crippen molar-refractivity contribution in [2.24, 2.45) is 0 Å². The minimum absolute atomic E-state index is 0.153. The number of unbranched alkanes of at least 4 members (excludes halogenated alkanes) is 1. The lowest BCUT2D eigenvalue weighted by molar-refractivity contribution is -0.134. The van der Waals surface area contributed by atoms with Crippen LogP contribution in [-0.4, -0.2) is 23.9 Å². The molecular formula is C11H20N2O2. The average molecular weight is 212 g/mol. The Morgan fingerprint density at radius 1 is 1.53 bits per heavy atom. The van der Waals surface area contributed by atoms with E-state index >= 15 is 0 Å². The van der Waals surface area contributed by atoms with Crippen LogP contribution >= 0.6 is 0 Å². The number of carbonyl (C=O) groups is 2. The maximum atomic E-state index is 11.4. The van der Waals surface area contributed by atoms with Gasteiger partial charge in [-0.3, -0.25) is 14.9 Å². The molecule has 0 aromatic carbocycles. The predicted molar refractivity (Wildman–Crippen MR) is 58.3 cm³/mol. The van der Waals surface area contributed by atoms with Crippen molar-refractivity contribution >= 4 is 11.8 Å². The van der Waals surface area contributed by atoms with Crippen molar-refractivity contribution in [3.63, 3.8) is 0 Å². The molecule has 2 unspecified atom stereocenters. The molecule has 0 saturated carbocycles. The molecule has 0 aliphatic carbocycles. The number of piperidine rings is 1. The van der Waals surface area contributed by atoms with Crippen molar-refractivity contribution in [3.05, 3.63) is 0 Å². The fourth-order valence-corrected chi connectivity index (χ4v) is 1.79. The van der Waals surface area contributed by atoms with E-state index in [0.29, 0.717) is 18.9 Å². The van der Waals surface area contributed by atoms with Gasteiger partial charge in [-0.1, -0.05) is 19.8 Å². The lowest BCUT2D eigenvalue weighted by atomic mass is 10.0. The molecule has 4 heteroatoms. The Morgan fingerprint density at radius 2 is 2.27 bits per heavy atom. The molecule has 1 aliphatic heterocycles. The van der Waals surface area contributed by atoms with Crippen molar-refractivity contribution in [3.8, 4) is 0 Å². The summed E-state index contributed by atoms with van der Waals surface area (Å²) in [4.78, 5) is 22.3. The molecule has 2 atom stereocenters. The SMILES string of the molecule is CCCCC(C)NC1CCC(=O)NC1=O. The van der Waals surface area contributed by atoms with Crippen LogP contribution in [0.2, 0.25) is 0 Å². The van der Waals surface area contributed by atoms with Crippen LogP contribution in [0.3, 0.4) is 0 Å². The number of hydrogen-bond donors (Lipinski definition) is 2. The molecule has 1 saturated heterocycles. The van der Waals surface area contributed by atoms with E-state index in [9.17, 15) is 9.59 Å². The minimum Gasteiger partial charge on any atom is -0.303 e. The van der Waals surface area contributed by atoms with Gasteiger partial charge in [-0.2, -0.15) is 0 Å². The van der Waals surface area contributed by atoms with Crippen LogP contribution in [0.15, 0.2) is 0 Å². The van der Waals surface area contributed by atoms with E-state index in [-0.39, 0.29) is 17.9 Å². The molecule has 0 aromatic heterocycles. The Kier molecular flexibility index (Phi) is 4.75. The van der Waals surface area contributed by atoms with E-state index in [4.69, 9.17) is 0 Å². The molecule has 4 nitrogen and oxygen atoms in total. The number of imide groups is 1. The monoisotopic (exact) mass is 212 g/mol. The van der Waals surface area contributed by atoms with Gasteiger partial charge in [-0.15, -0.1) is 0 Å². The molecule has 86 valence electrons. The fraction of sp³-hybridized carbons (Fsp3) is 0.818. The first kappa shape index (κ1) is 12.2. The largest absolute Gasteiger partial charge is 0.303 e. The third-order valence-corrected chi connectivity index (χ3v) is 2.72. The molecule has 1 rings (SSSR count). The summed E-state index contributed by atoms with van der Waals surface area (Å²) in [6, 6.07) is 0.156. The van der Waals surface area contributed by atoms with Gasteiger partial charge >= 0.3 is 0 Å². The van der Waals surface area contributed by atoms with E-state index < -0.39 is 0 Å². The van der Waals surface area contributed by atoms with Gasteiger partial charge in [0.25, 0.3) is 0 Å². The van der Waals surface area contributed by atoms with Crippen molar-refractivity contribution in [2.45, 2.75) is 58.0 Å². The van der Waals surface area contributed by atoms with Crippen molar-refractivity contribution in [2.75, 3.05) is 0 Å². The van der Waals surface area contributed by atoms with Crippen LogP contribution in [0, 0.1) is 0 Å². The highest BCUT2D eigenvalue weighted by Gasteiger charge is 2.26. The van der Waals surface area contributed by atoms with Crippen LogP contribution in [0.5, 0.6) is 0 Å². The molecule has 1 aliphatic rings. The van der Waals surface area contributed by atoms with Crippen LogP contribution in [0.4, 0.5) is 0 Å². The van der Waals surface area contributed by atoms with E-state index in [1.54, 1.807) is 0 Å². The number of hydrogen-bond acceptors (Lipinski definition) is 3. The van der Waals surface area contributed by atoms with Crippen LogP contribution in [0.1, 0.15) is 46.0 Å². The predicted octanol–water partition coefficient (Wildman–Crippen LogP) is 0.960. The van der Waals surface area contributed by atoms with Gasteiger partial charge in [0.1, 0.15) is 0 Å². The smallest absolute Gasteiger partial charge is 0.243 e. The maximum Gasteiger partial charge on any atom is 0.243 e. The third-order valence-electron chi connectivity index (χ3n) is 2.72. The molecule has 2 amide bonds. The zero-order chi connectivity index (χ0) is 11.3. The second-order valence-electron chi connectivity index (χ2n) is 4.21. The van der Waals surface area contributed by atoms with Crippen LogP contribution < -0.4 is 10.6 Å². The molecular weight excluding hydrogens is 192 g/mol. The Balaban J connectivity index is 2.31. The molecule has 2 N–H and O–H groups in total. The van der Waals surface area contributed by atoms with Gasteiger partial charge in [-0.05, 0) is 19.8 Å². The van der Waals surface area contributed by atoms with Gasteiger partial charge in [0.15, 0.2) is 0 Å². The van der Waals surface area contributed by atoms with Crippen molar-refractivity contribution in [1.29, 1.82) is 0 Å². The first-order valence-corrected chi connectivity index (χ1v) is 5.73.